The molecule has 3 rings (SSSR count). The summed E-state index contributed by atoms with van der Waals surface area (Å²) in [6.07, 6.45) is 3.17. The van der Waals surface area contributed by atoms with Gasteiger partial charge < -0.3 is 23.7 Å². The molecule has 0 heterocycles. The average molecular weight is 434 g/mol. The van der Waals surface area contributed by atoms with Gasteiger partial charge in [0, 0.05) is 12.1 Å². The summed E-state index contributed by atoms with van der Waals surface area (Å²) in [6.45, 7) is 0.432. The molecular weight excluding hydrogens is 408 g/mol. The molecule has 3 aromatic carbocycles. The summed E-state index contributed by atoms with van der Waals surface area (Å²) >= 11 is 0. The van der Waals surface area contributed by atoms with Crippen LogP contribution in [-0.2, 0) is 6.61 Å². The molecule has 6 heteroatoms. The zero-order valence-electron chi connectivity index (χ0n) is 18.6. The van der Waals surface area contributed by atoms with E-state index in [1.807, 2.05) is 48.5 Å². The van der Waals surface area contributed by atoms with Gasteiger partial charge in [0.25, 0.3) is 0 Å². The van der Waals surface area contributed by atoms with Gasteiger partial charge in [-0.25, -0.2) is 0 Å². The molecule has 0 aliphatic carbocycles. The third kappa shape index (κ3) is 5.40. The third-order valence-electron chi connectivity index (χ3n) is 4.81. The van der Waals surface area contributed by atoms with Crippen LogP contribution in [0.25, 0.3) is 6.08 Å². The van der Waals surface area contributed by atoms with Crippen molar-refractivity contribution in [1.82, 2.24) is 0 Å². The van der Waals surface area contributed by atoms with E-state index in [-0.39, 0.29) is 5.78 Å². The first-order valence-electron chi connectivity index (χ1n) is 9.96. The monoisotopic (exact) mass is 434 g/mol. The Morgan fingerprint density at radius 2 is 1.41 bits per heavy atom. The van der Waals surface area contributed by atoms with Crippen LogP contribution in [0.1, 0.15) is 21.5 Å². The van der Waals surface area contributed by atoms with Crippen LogP contribution in [0.3, 0.4) is 0 Å². The van der Waals surface area contributed by atoms with Crippen molar-refractivity contribution in [3.8, 4) is 28.7 Å². The van der Waals surface area contributed by atoms with Crippen molar-refractivity contribution in [1.29, 1.82) is 0 Å². The molecule has 6 nitrogen and oxygen atoms in total. The number of rotatable bonds is 10. The molecule has 0 spiro atoms. The summed E-state index contributed by atoms with van der Waals surface area (Å²) in [5, 5.41) is 0. The van der Waals surface area contributed by atoms with Crippen molar-refractivity contribution in [2.75, 3.05) is 28.4 Å². The third-order valence-corrected chi connectivity index (χ3v) is 4.81. The molecular formula is C26H26O6. The first kappa shape index (κ1) is 22.7. The van der Waals surface area contributed by atoms with E-state index < -0.39 is 0 Å². The molecule has 0 unspecified atom stereocenters. The van der Waals surface area contributed by atoms with Crippen LogP contribution in [-0.4, -0.2) is 34.2 Å². The highest BCUT2D eigenvalue weighted by Gasteiger charge is 2.18. The molecule has 0 saturated carbocycles. The van der Waals surface area contributed by atoms with Crippen molar-refractivity contribution < 1.29 is 28.5 Å². The van der Waals surface area contributed by atoms with Gasteiger partial charge in [0.15, 0.2) is 17.3 Å². The van der Waals surface area contributed by atoms with Crippen molar-refractivity contribution in [3.05, 3.63) is 83.4 Å². The second-order valence-electron chi connectivity index (χ2n) is 6.79. The largest absolute Gasteiger partial charge is 0.496 e. The lowest BCUT2D eigenvalue weighted by Crippen LogP contribution is -2.03. The van der Waals surface area contributed by atoms with Crippen molar-refractivity contribution in [2.45, 2.75) is 6.61 Å². The maximum Gasteiger partial charge on any atom is 0.193 e. The van der Waals surface area contributed by atoms with Crippen LogP contribution in [0.2, 0.25) is 0 Å². The summed E-state index contributed by atoms with van der Waals surface area (Å²) in [5.41, 5.74) is 2.17. The normalized spacial score (nSPS) is 10.6. The van der Waals surface area contributed by atoms with Gasteiger partial charge in [-0.2, -0.15) is 0 Å². The Hall–Kier alpha value is -3.93. The molecule has 32 heavy (non-hydrogen) atoms. The molecule has 0 aromatic heterocycles. The van der Waals surface area contributed by atoms with Crippen molar-refractivity contribution in [3.63, 3.8) is 0 Å². The fraction of sp³-hybridized carbons (Fsp3) is 0.192. The van der Waals surface area contributed by atoms with Crippen molar-refractivity contribution in [2.24, 2.45) is 0 Å². The first-order valence-corrected chi connectivity index (χ1v) is 9.96. The van der Waals surface area contributed by atoms with Crippen LogP contribution in [0, 0.1) is 0 Å². The Kier molecular flexibility index (Phi) is 7.75. The van der Waals surface area contributed by atoms with Crippen LogP contribution in [0.4, 0.5) is 0 Å². The summed E-state index contributed by atoms with van der Waals surface area (Å²) < 4.78 is 27.3. The Morgan fingerprint density at radius 3 is 2.00 bits per heavy atom. The number of ether oxygens (including phenoxy) is 5. The Morgan fingerprint density at radius 1 is 0.750 bits per heavy atom. The predicted octanol–water partition coefficient (Wildman–Crippen LogP) is 5.20. The van der Waals surface area contributed by atoms with Crippen LogP contribution < -0.4 is 23.7 Å². The topological polar surface area (TPSA) is 63.2 Å². The Balaban J connectivity index is 1.80. The average Bonchev–Trinajstić information content (AvgIpc) is 2.85. The van der Waals surface area contributed by atoms with Gasteiger partial charge in [0.05, 0.1) is 28.4 Å². The minimum absolute atomic E-state index is 0.260. The summed E-state index contributed by atoms with van der Waals surface area (Å²) in [4.78, 5) is 12.9. The van der Waals surface area contributed by atoms with Gasteiger partial charge in [-0.15, -0.1) is 0 Å². The van der Waals surface area contributed by atoms with Gasteiger partial charge in [0.2, 0.25) is 0 Å². The fourth-order valence-electron chi connectivity index (χ4n) is 3.15. The van der Waals surface area contributed by atoms with Gasteiger partial charge in [0.1, 0.15) is 29.4 Å². The molecule has 0 bridgehead atoms. The molecule has 0 aliphatic rings. The number of benzene rings is 3. The zero-order chi connectivity index (χ0) is 22.9. The first-order chi connectivity index (χ1) is 15.6. The summed E-state index contributed by atoms with van der Waals surface area (Å²) in [7, 11) is 6.11. The van der Waals surface area contributed by atoms with Gasteiger partial charge in [-0.1, -0.05) is 42.5 Å². The number of hydrogen-bond acceptors (Lipinski definition) is 6. The molecule has 0 radical (unpaired) electrons. The van der Waals surface area contributed by atoms with Crippen LogP contribution in [0.15, 0.2) is 66.7 Å². The van der Waals surface area contributed by atoms with E-state index in [2.05, 4.69) is 0 Å². The van der Waals surface area contributed by atoms with E-state index in [4.69, 9.17) is 23.7 Å². The maximum atomic E-state index is 12.9. The maximum absolute atomic E-state index is 12.9. The smallest absolute Gasteiger partial charge is 0.193 e. The summed E-state index contributed by atoms with van der Waals surface area (Å²) in [5.74, 6) is 2.23. The molecule has 0 aliphatic heterocycles. The lowest BCUT2D eigenvalue weighted by Gasteiger charge is -2.13. The number of ketones is 1. The summed E-state index contributed by atoms with van der Waals surface area (Å²) in [6, 6.07) is 18.7. The fourth-order valence-corrected chi connectivity index (χ4v) is 3.15. The minimum Gasteiger partial charge on any atom is -0.496 e. The van der Waals surface area contributed by atoms with E-state index in [9.17, 15) is 4.79 Å². The van der Waals surface area contributed by atoms with E-state index in [1.165, 1.54) is 27.4 Å². The zero-order valence-corrected chi connectivity index (χ0v) is 18.6. The van der Waals surface area contributed by atoms with Gasteiger partial charge >= 0.3 is 0 Å². The number of methoxy groups -OCH3 is 4. The Bertz CT molecular complexity index is 1060. The standard InChI is InChI=1S/C26H26O6/c1-28-20-15-24(30-3)26(25(16-20)31-4)21(27)12-10-18-11-13-22(23(14-18)29-2)32-17-19-8-6-5-7-9-19/h5-16H,17H2,1-4H3/b12-10+. The molecule has 0 N–H and O–H groups in total. The highest BCUT2D eigenvalue weighted by Crippen LogP contribution is 2.35. The molecule has 0 atom stereocenters. The number of allylic oxidation sites excluding steroid dienone is 1. The highest BCUT2D eigenvalue weighted by molar-refractivity contribution is 6.10. The number of carbonyl (C=O) groups is 1. The molecule has 166 valence electrons. The van der Waals surface area contributed by atoms with Crippen molar-refractivity contribution >= 4 is 11.9 Å². The van der Waals surface area contributed by atoms with Gasteiger partial charge in [-0.3, -0.25) is 4.79 Å². The molecule has 0 saturated heterocycles. The van der Waals surface area contributed by atoms with Gasteiger partial charge in [-0.05, 0) is 29.3 Å². The predicted molar refractivity (Wildman–Crippen MR) is 123 cm³/mol. The van der Waals surface area contributed by atoms with Crippen LogP contribution >= 0.6 is 0 Å². The highest BCUT2D eigenvalue weighted by atomic mass is 16.5. The van der Waals surface area contributed by atoms with E-state index >= 15 is 0 Å². The SMILES string of the molecule is COc1cc(OC)c(C(=O)/C=C/c2ccc(OCc3ccccc3)c(OC)c2)c(OC)c1. The van der Waals surface area contributed by atoms with E-state index in [0.717, 1.165) is 11.1 Å². The Labute approximate surface area is 188 Å². The minimum atomic E-state index is -0.260. The molecule has 0 amide bonds. The number of carbonyl (C=O) groups excluding carboxylic acids is 1. The lowest BCUT2D eigenvalue weighted by molar-refractivity contribution is 0.104. The molecule has 0 fully saturated rings. The van der Waals surface area contributed by atoms with E-state index in [1.54, 1.807) is 25.3 Å². The number of hydrogen-bond donors (Lipinski definition) is 0. The lowest BCUT2D eigenvalue weighted by atomic mass is 10.1. The van der Waals surface area contributed by atoms with E-state index in [0.29, 0.717) is 40.9 Å². The van der Waals surface area contributed by atoms with Crippen LogP contribution in [0.5, 0.6) is 28.7 Å². The molecule has 3 aromatic rings. The quantitative estimate of drug-likeness (QED) is 0.323. The second-order valence-corrected chi connectivity index (χ2v) is 6.79. The second kappa shape index (κ2) is 10.9.